The summed E-state index contributed by atoms with van der Waals surface area (Å²) in [6, 6.07) is 7.19. The summed E-state index contributed by atoms with van der Waals surface area (Å²) in [7, 11) is 1.37. The summed E-state index contributed by atoms with van der Waals surface area (Å²) >= 11 is 0. The molecule has 34 heavy (non-hydrogen) atoms. The Kier molecular flexibility index (Phi) is 7.04. The van der Waals surface area contributed by atoms with Gasteiger partial charge in [0, 0.05) is 19.3 Å². The van der Waals surface area contributed by atoms with E-state index in [1.165, 1.54) is 19.3 Å². The first-order valence-corrected chi connectivity index (χ1v) is 10.0. The first-order chi connectivity index (χ1) is 16.0. The highest BCUT2D eigenvalue weighted by Gasteiger charge is 2.34. The van der Waals surface area contributed by atoms with Gasteiger partial charge in [-0.3, -0.25) is 14.4 Å². The molecule has 2 aromatic carbocycles. The Hall–Kier alpha value is -4.15. The van der Waals surface area contributed by atoms with Crippen molar-refractivity contribution in [3.63, 3.8) is 0 Å². The molecule has 178 valence electrons. The normalized spacial score (nSPS) is 16.8. The fraction of sp³-hybridized carbons (Fsp3) is 0.217. The summed E-state index contributed by atoms with van der Waals surface area (Å²) < 4.78 is 40.7. The maximum absolute atomic E-state index is 13.6. The van der Waals surface area contributed by atoms with Crippen LogP contribution >= 0.6 is 0 Å². The number of likely N-dealkylation sites (N-methyl/N-ethyl adjacent to an activating group) is 1. The molecule has 2 unspecified atom stereocenters. The average Bonchev–Trinajstić information content (AvgIpc) is 2.78. The second-order valence-electron chi connectivity index (χ2n) is 7.58. The van der Waals surface area contributed by atoms with E-state index in [9.17, 15) is 37.5 Å². The lowest BCUT2D eigenvalue weighted by Crippen LogP contribution is -2.55. The quantitative estimate of drug-likeness (QED) is 0.556. The molecular weight excluding hydrogens is 455 g/mol. The number of carbonyl (C=O) groups is 4. The molecule has 3 amide bonds. The SMILES string of the molecule is CN1C=CC(=O)C(NC(=O)NC(CC(=O)O)c2cc(-c3ccccc3)cc(C(F)(F)F)c2)C1=O. The van der Waals surface area contributed by atoms with Gasteiger partial charge in [-0.05, 0) is 34.9 Å². The van der Waals surface area contributed by atoms with Gasteiger partial charge in [0.25, 0.3) is 5.91 Å². The van der Waals surface area contributed by atoms with Crippen LogP contribution in [0.25, 0.3) is 11.1 Å². The molecule has 0 saturated carbocycles. The molecule has 1 aliphatic heterocycles. The van der Waals surface area contributed by atoms with Crippen molar-refractivity contribution >= 4 is 23.7 Å². The van der Waals surface area contributed by atoms with Gasteiger partial charge in [-0.1, -0.05) is 30.3 Å². The molecule has 11 heteroatoms. The van der Waals surface area contributed by atoms with Crippen molar-refractivity contribution in [2.75, 3.05) is 7.05 Å². The van der Waals surface area contributed by atoms with Crippen LogP contribution < -0.4 is 10.6 Å². The van der Waals surface area contributed by atoms with Gasteiger partial charge in [-0.25, -0.2) is 4.79 Å². The van der Waals surface area contributed by atoms with Gasteiger partial charge in [0.2, 0.25) is 0 Å². The van der Waals surface area contributed by atoms with Crippen LogP contribution in [0.4, 0.5) is 18.0 Å². The standard InChI is InChI=1S/C23H20F3N3O5/c1-29-8-7-18(30)20(21(29)33)28-22(34)27-17(12-19(31)32)15-9-14(13-5-3-2-4-6-13)10-16(11-15)23(24,25)26/h2-11,17,20H,12H2,1H3,(H,31,32)(H2,27,28,34). The highest BCUT2D eigenvalue weighted by atomic mass is 19.4. The van der Waals surface area contributed by atoms with Crippen molar-refractivity contribution in [1.29, 1.82) is 0 Å². The van der Waals surface area contributed by atoms with Crippen LogP contribution in [0.1, 0.15) is 23.6 Å². The van der Waals surface area contributed by atoms with Crippen molar-refractivity contribution in [1.82, 2.24) is 15.5 Å². The number of amides is 3. The monoisotopic (exact) mass is 475 g/mol. The Balaban J connectivity index is 1.94. The minimum absolute atomic E-state index is 0.107. The van der Waals surface area contributed by atoms with Crippen LogP contribution in [-0.4, -0.2) is 46.8 Å². The molecule has 1 heterocycles. The van der Waals surface area contributed by atoms with Crippen LogP contribution in [0, 0.1) is 0 Å². The number of benzene rings is 2. The molecule has 0 aromatic heterocycles. The fourth-order valence-electron chi connectivity index (χ4n) is 3.38. The number of hydrogen-bond donors (Lipinski definition) is 3. The highest BCUT2D eigenvalue weighted by Crippen LogP contribution is 2.35. The molecule has 0 aliphatic carbocycles. The molecule has 0 radical (unpaired) electrons. The smallest absolute Gasteiger partial charge is 0.416 e. The predicted octanol–water partition coefficient (Wildman–Crippen LogP) is 3.11. The Morgan fingerprint density at radius 3 is 2.38 bits per heavy atom. The van der Waals surface area contributed by atoms with Gasteiger partial charge < -0.3 is 20.6 Å². The number of halogens is 3. The molecule has 1 aliphatic rings. The summed E-state index contributed by atoms with van der Waals surface area (Å²) in [5.74, 6) is -2.79. The van der Waals surface area contributed by atoms with Crippen molar-refractivity contribution in [2.45, 2.75) is 24.7 Å². The first-order valence-electron chi connectivity index (χ1n) is 10.0. The van der Waals surface area contributed by atoms with E-state index in [-0.39, 0.29) is 11.1 Å². The number of alkyl halides is 3. The molecule has 0 spiro atoms. The lowest BCUT2D eigenvalue weighted by Gasteiger charge is -2.25. The Labute approximate surface area is 192 Å². The van der Waals surface area contributed by atoms with E-state index in [1.807, 2.05) is 0 Å². The average molecular weight is 475 g/mol. The number of hydrogen-bond acceptors (Lipinski definition) is 4. The van der Waals surface area contributed by atoms with E-state index in [4.69, 9.17) is 0 Å². The summed E-state index contributed by atoms with van der Waals surface area (Å²) in [4.78, 5) is 49.2. The molecule has 0 bridgehead atoms. The molecule has 2 aromatic rings. The molecule has 0 fully saturated rings. The van der Waals surface area contributed by atoms with Crippen molar-refractivity contribution in [2.24, 2.45) is 0 Å². The molecule has 2 atom stereocenters. The van der Waals surface area contributed by atoms with E-state index in [1.54, 1.807) is 30.3 Å². The maximum Gasteiger partial charge on any atom is 0.416 e. The zero-order chi connectivity index (χ0) is 25.0. The van der Waals surface area contributed by atoms with Crippen LogP contribution in [0.2, 0.25) is 0 Å². The largest absolute Gasteiger partial charge is 0.481 e. The van der Waals surface area contributed by atoms with Crippen LogP contribution in [0.5, 0.6) is 0 Å². The lowest BCUT2D eigenvalue weighted by molar-refractivity contribution is -0.138. The van der Waals surface area contributed by atoms with Gasteiger partial charge in [-0.2, -0.15) is 13.2 Å². The predicted molar refractivity (Wildman–Crippen MR) is 114 cm³/mol. The van der Waals surface area contributed by atoms with Gasteiger partial charge in [0.15, 0.2) is 11.8 Å². The molecule has 3 rings (SSSR count). The number of carboxylic acids is 1. The van der Waals surface area contributed by atoms with Crippen LogP contribution in [0.15, 0.2) is 60.8 Å². The number of carboxylic acid groups (broad SMARTS) is 1. The number of nitrogens with zero attached hydrogens (tertiary/aromatic N) is 1. The van der Waals surface area contributed by atoms with Gasteiger partial charge >= 0.3 is 18.2 Å². The third kappa shape index (κ3) is 5.80. The van der Waals surface area contributed by atoms with Crippen molar-refractivity contribution < 1.29 is 37.5 Å². The number of urea groups is 1. The van der Waals surface area contributed by atoms with Gasteiger partial charge in [0.05, 0.1) is 18.0 Å². The third-order valence-electron chi connectivity index (χ3n) is 5.09. The summed E-state index contributed by atoms with van der Waals surface area (Å²) in [5.41, 5.74) is -0.496. The maximum atomic E-state index is 13.6. The highest BCUT2D eigenvalue weighted by molar-refractivity contribution is 6.14. The van der Waals surface area contributed by atoms with Crippen molar-refractivity contribution in [3.8, 4) is 11.1 Å². The van der Waals surface area contributed by atoms with E-state index >= 15 is 0 Å². The number of rotatable bonds is 6. The van der Waals surface area contributed by atoms with Crippen LogP contribution in [-0.2, 0) is 20.6 Å². The van der Waals surface area contributed by atoms with Gasteiger partial charge in [-0.15, -0.1) is 0 Å². The fourth-order valence-corrected chi connectivity index (χ4v) is 3.38. The van der Waals surface area contributed by atoms with Gasteiger partial charge in [0.1, 0.15) is 0 Å². The minimum Gasteiger partial charge on any atom is -0.481 e. The third-order valence-corrected chi connectivity index (χ3v) is 5.09. The lowest BCUT2D eigenvalue weighted by atomic mass is 9.94. The molecule has 0 saturated heterocycles. The summed E-state index contributed by atoms with van der Waals surface area (Å²) in [5, 5.41) is 13.7. The number of nitrogens with one attached hydrogen (secondary N) is 2. The summed E-state index contributed by atoms with van der Waals surface area (Å²) in [6.45, 7) is 0. The van der Waals surface area contributed by atoms with E-state index in [0.717, 1.165) is 23.1 Å². The minimum atomic E-state index is -4.73. The zero-order valence-electron chi connectivity index (χ0n) is 17.8. The van der Waals surface area contributed by atoms with E-state index < -0.39 is 53.9 Å². The second-order valence-corrected chi connectivity index (χ2v) is 7.58. The van der Waals surface area contributed by atoms with Crippen LogP contribution in [0.3, 0.4) is 0 Å². The number of aliphatic carboxylic acids is 1. The zero-order valence-corrected chi connectivity index (χ0v) is 17.8. The number of carbonyl (C=O) groups excluding carboxylic acids is 3. The summed E-state index contributed by atoms with van der Waals surface area (Å²) in [6.07, 6.45) is -3.16. The molecule has 8 nitrogen and oxygen atoms in total. The first kappa shape index (κ1) is 24.5. The number of ketones is 1. The Morgan fingerprint density at radius 2 is 1.76 bits per heavy atom. The molecular formula is C23H20F3N3O5. The van der Waals surface area contributed by atoms with E-state index in [0.29, 0.717) is 5.56 Å². The Morgan fingerprint density at radius 1 is 1.09 bits per heavy atom. The second kappa shape index (κ2) is 9.77. The van der Waals surface area contributed by atoms with Crippen molar-refractivity contribution in [3.05, 3.63) is 71.9 Å². The topological polar surface area (TPSA) is 116 Å². The molecule has 3 N–H and O–H groups in total. The Bertz CT molecular complexity index is 1150. The van der Waals surface area contributed by atoms with E-state index in [2.05, 4.69) is 10.6 Å².